The van der Waals surface area contributed by atoms with Gasteiger partial charge in [-0.25, -0.2) is 0 Å². The van der Waals surface area contributed by atoms with Gasteiger partial charge in [0.05, 0.1) is 31.9 Å². The third-order valence-electron chi connectivity index (χ3n) is 2.07. The lowest BCUT2D eigenvalue weighted by molar-refractivity contribution is -0.0263. The van der Waals surface area contributed by atoms with Crippen LogP contribution in [0.2, 0.25) is 0 Å². The van der Waals surface area contributed by atoms with Crippen LogP contribution in [0.3, 0.4) is 0 Å². The number of ether oxygens (including phenoxy) is 2. The minimum atomic E-state index is -0.114. The van der Waals surface area contributed by atoms with E-state index in [1.807, 2.05) is 0 Å². The second-order valence-corrected chi connectivity index (χ2v) is 4.14. The van der Waals surface area contributed by atoms with Gasteiger partial charge >= 0.3 is 0 Å². The van der Waals surface area contributed by atoms with Gasteiger partial charge in [-0.15, -0.1) is 0 Å². The summed E-state index contributed by atoms with van der Waals surface area (Å²) in [7, 11) is 8.99. The molecule has 5 heteroatoms. The van der Waals surface area contributed by atoms with Crippen molar-refractivity contribution in [2.75, 3.05) is 20.8 Å². The van der Waals surface area contributed by atoms with Crippen LogP contribution in [0, 0.1) is 0 Å². The number of aliphatic hydroxyl groups is 1. The van der Waals surface area contributed by atoms with Crippen molar-refractivity contribution in [2.24, 2.45) is 0 Å². The van der Waals surface area contributed by atoms with E-state index in [0.717, 1.165) is 0 Å². The summed E-state index contributed by atoms with van der Waals surface area (Å²) >= 11 is 1.51. The first-order valence-corrected chi connectivity index (χ1v) is 4.76. The summed E-state index contributed by atoms with van der Waals surface area (Å²) < 4.78 is 10.4. The maximum atomic E-state index is 8.99. The van der Waals surface area contributed by atoms with Gasteiger partial charge in [0.15, 0.2) is 0 Å². The van der Waals surface area contributed by atoms with E-state index < -0.39 is 0 Å². The molecule has 0 aliphatic carbocycles. The SMILES string of the molecule is [B][C@@H]1S[C@H](CO)C(OC)[C@@H]1OC. The molecule has 1 unspecified atom stereocenters. The predicted octanol–water partition coefficient (Wildman–Crippen LogP) is -0.381. The molecule has 0 spiro atoms. The van der Waals surface area contributed by atoms with Crippen LogP contribution >= 0.6 is 11.8 Å². The highest BCUT2D eigenvalue weighted by molar-refractivity contribution is 8.02. The molecule has 12 heavy (non-hydrogen) atoms. The quantitative estimate of drug-likeness (QED) is 0.612. The third kappa shape index (κ3) is 1.79. The lowest BCUT2D eigenvalue weighted by atomic mass is 9.94. The molecule has 1 fully saturated rings. The fourth-order valence-corrected chi connectivity index (χ4v) is 2.79. The molecule has 1 aliphatic heterocycles. The second-order valence-electron chi connectivity index (χ2n) is 2.72. The van der Waals surface area contributed by atoms with Crippen molar-refractivity contribution in [1.29, 1.82) is 0 Å². The first-order valence-electron chi connectivity index (χ1n) is 3.82. The first-order chi connectivity index (χ1) is 5.74. The Morgan fingerprint density at radius 1 is 1.33 bits per heavy atom. The smallest absolute Gasteiger partial charge is 0.0976 e. The minimum Gasteiger partial charge on any atom is -0.395 e. The van der Waals surface area contributed by atoms with Crippen molar-refractivity contribution < 1.29 is 14.6 Å². The molecular weight excluding hydrogens is 175 g/mol. The molecule has 0 aromatic rings. The van der Waals surface area contributed by atoms with Crippen LogP contribution in [0.1, 0.15) is 0 Å². The highest BCUT2D eigenvalue weighted by atomic mass is 32.2. The maximum Gasteiger partial charge on any atom is 0.0976 e. The van der Waals surface area contributed by atoms with Gasteiger partial charge in [-0.3, -0.25) is 0 Å². The largest absolute Gasteiger partial charge is 0.395 e. The van der Waals surface area contributed by atoms with E-state index >= 15 is 0 Å². The Kier molecular flexibility index (Phi) is 3.90. The second kappa shape index (κ2) is 4.51. The van der Waals surface area contributed by atoms with E-state index in [1.54, 1.807) is 14.2 Å². The number of hydrogen-bond acceptors (Lipinski definition) is 4. The average Bonchev–Trinajstić information content (AvgIpc) is 2.40. The van der Waals surface area contributed by atoms with Crippen LogP contribution in [0.15, 0.2) is 0 Å². The van der Waals surface area contributed by atoms with E-state index in [4.69, 9.17) is 22.4 Å². The Labute approximate surface area is 78.2 Å². The summed E-state index contributed by atoms with van der Waals surface area (Å²) in [5, 5.41) is 8.92. The number of methoxy groups -OCH3 is 2. The number of rotatable bonds is 3. The van der Waals surface area contributed by atoms with Gasteiger partial charge in [-0.2, -0.15) is 11.8 Å². The third-order valence-corrected chi connectivity index (χ3v) is 3.42. The standard InChI is InChI=1S/C7H13BO3S/c1-10-5-4(3-9)12-7(8)6(5)11-2/h4-7,9H,3H2,1-2H3/t4-,5?,6+,7-/m1/s1. The van der Waals surface area contributed by atoms with Crippen LogP contribution in [0.4, 0.5) is 0 Å². The fourth-order valence-electron chi connectivity index (χ4n) is 1.46. The predicted molar refractivity (Wildman–Crippen MR) is 49.6 cm³/mol. The molecule has 2 radical (unpaired) electrons. The van der Waals surface area contributed by atoms with Crippen LogP contribution in [-0.2, 0) is 9.47 Å². The van der Waals surface area contributed by atoms with Crippen molar-refractivity contribution >= 4 is 19.6 Å². The van der Waals surface area contributed by atoms with E-state index in [-0.39, 0.29) is 29.2 Å². The molecule has 0 bridgehead atoms. The molecule has 0 aromatic carbocycles. The molecule has 4 atom stereocenters. The fraction of sp³-hybridized carbons (Fsp3) is 1.00. The summed E-state index contributed by atoms with van der Waals surface area (Å²) in [6.07, 6.45) is -0.211. The van der Waals surface area contributed by atoms with Crippen molar-refractivity contribution in [1.82, 2.24) is 0 Å². The maximum absolute atomic E-state index is 8.99. The van der Waals surface area contributed by atoms with Crippen molar-refractivity contribution in [3.05, 3.63) is 0 Å². The Morgan fingerprint density at radius 3 is 2.33 bits per heavy atom. The Morgan fingerprint density at radius 2 is 1.92 bits per heavy atom. The zero-order valence-electron chi connectivity index (χ0n) is 7.27. The van der Waals surface area contributed by atoms with Gasteiger partial charge in [0, 0.05) is 14.2 Å². The molecule has 0 amide bonds. The number of thioether (sulfide) groups is 1. The van der Waals surface area contributed by atoms with Gasteiger partial charge in [-0.05, 0) is 5.15 Å². The lowest BCUT2D eigenvalue weighted by Gasteiger charge is -2.21. The summed E-state index contributed by atoms with van der Waals surface area (Å²) in [5.74, 6) is 0. The summed E-state index contributed by atoms with van der Waals surface area (Å²) in [6, 6.07) is 0. The van der Waals surface area contributed by atoms with Crippen LogP contribution in [-0.4, -0.2) is 56.4 Å². The molecule has 1 saturated heterocycles. The normalized spacial score (nSPS) is 41.9. The molecule has 1 rings (SSSR count). The van der Waals surface area contributed by atoms with E-state index in [2.05, 4.69) is 0 Å². The van der Waals surface area contributed by atoms with Gasteiger partial charge in [0.1, 0.15) is 0 Å². The van der Waals surface area contributed by atoms with Crippen LogP contribution in [0.25, 0.3) is 0 Å². The van der Waals surface area contributed by atoms with E-state index in [0.29, 0.717) is 0 Å². The van der Waals surface area contributed by atoms with Gasteiger partial charge in [0.25, 0.3) is 0 Å². The van der Waals surface area contributed by atoms with Gasteiger partial charge < -0.3 is 14.6 Å². The highest BCUT2D eigenvalue weighted by Gasteiger charge is 2.41. The number of aliphatic hydroxyl groups excluding tert-OH is 1. The molecule has 1 N–H and O–H groups in total. The van der Waals surface area contributed by atoms with Crippen LogP contribution in [0.5, 0.6) is 0 Å². The minimum absolute atomic E-state index is 0.0370. The zero-order valence-corrected chi connectivity index (χ0v) is 8.08. The van der Waals surface area contributed by atoms with Crippen molar-refractivity contribution in [3.8, 4) is 0 Å². The monoisotopic (exact) mass is 188 g/mol. The van der Waals surface area contributed by atoms with Gasteiger partial charge in [-0.1, -0.05) is 0 Å². The topological polar surface area (TPSA) is 38.7 Å². The molecule has 1 heterocycles. The zero-order chi connectivity index (χ0) is 9.14. The Bertz CT molecular complexity index is 147. The molecule has 0 saturated carbocycles. The Balaban J connectivity index is 2.61. The summed E-state index contributed by atoms with van der Waals surface area (Å²) in [5.41, 5.74) is 0. The highest BCUT2D eigenvalue weighted by Crippen LogP contribution is 2.35. The van der Waals surface area contributed by atoms with E-state index in [9.17, 15) is 0 Å². The average molecular weight is 188 g/mol. The molecule has 68 valence electrons. The van der Waals surface area contributed by atoms with Crippen molar-refractivity contribution in [2.45, 2.75) is 22.6 Å². The summed E-state index contributed by atoms with van der Waals surface area (Å²) in [4.78, 5) is 0. The van der Waals surface area contributed by atoms with Crippen LogP contribution < -0.4 is 0 Å². The lowest BCUT2D eigenvalue weighted by Crippen LogP contribution is -2.37. The number of hydrogen-bond donors (Lipinski definition) is 1. The molecule has 1 aliphatic rings. The Hall–Kier alpha value is 0.295. The van der Waals surface area contributed by atoms with E-state index in [1.165, 1.54) is 11.8 Å². The van der Waals surface area contributed by atoms with Crippen molar-refractivity contribution in [3.63, 3.8) is 0 Å². The summed E-state index contributed by atoms with van der Waals surface area (Å²) in [6.45, 7) is 0.0801. The first kappa shape index (κ1) is 10.4. The van der Waals surface area contributed by atoms with Gasteiger partial charge in [0.2, 0.25) is 0 Å². The molecular formula is C7H13BO3S. The molecule has 0 aromatic heterocycles. The molecule has 3 nitrogen and oxygen atoms in total.